The maximum absolute atomic E-state index is 2.36. The summed E-state index contributed by atoms with van der Waals surface area (Å²) in [5, 5.41) is 4.95. The van der Waals surface area contributed by atoms with Gasteiger partial charge in [0.15, 0.2) is 0 Å². The van der Waals surface area contributed by atoms with Crippen molar-refractivity contribution in [2.24, 2.45) is 0 Å². The molecule has 274 valence electrons. The average molecular weight is 741 g/mol. The molecule has 2 heteroatoms. The normalized spacial score (nSPS) is 11.1. The van der Waals surface area contributed by atoms with Crippen molar-refractivity contribution in [1.29, 1.82) is 0 Å². The van der Waals surface area contributed by atoms with E-state index >= 15 is 0 Å². The molecule has 2 nitrogen and oxygen atoms in total. The molecule has 0 saturated carbocycles. The van der Waals surface area contributed by atoms with Crippen LogP contribution in [-0.2, 0) is 0 Å². The molecule has 58 heavy (non-hydrogen) atoms. The van der Waals surface area contributed by atoms with Gasteiger partial charge in [0.05, 0.1) is 11.4 Å². The van der Waals surface area contributed by atoms with Crippen LogP contribution in [0.25, 0.3) is 54.9 Å². The quantitative estimate of drug-likeness (QED) is 0.145. The monoisotopic (exact) mass is 740 g/mol. The fourth-order valence-corrected chi connectivity index (χ4v) is 8.24. The van der Waals surface area contributed by atoms with Gasteiger partial charge in [0.2, 0.25) is 0 Å². The zero-order valence-electron chi connectivity index (χ0n) is 32.0. The fourth-order valence-electron chi connectivity index (χ4n) is 8.24. The first-order chi connectivity index (χ1) is 28.8. The predicted octanol–water partition coefficient (Wildman–Crippen LogP) is 15.9. The summed E-state index contributed by atoms with van der Waals surface area (Å²) in [7, 11) is 0. The summed E-state index contributed by atoms with van der Waals surface area (Å²) in [4.78, 5) is 4.71. The molecule has 0 saturated heterocycles. The lowest BCUT2D eigenvalue weighted by Crippen LogP contribution is -2.11. The van der Waals surface area contributed by atoms with Crippen LogP contribution in [0, 0.1) is 0 Å². The van der Waals surface area contributed by atoms with Gasteiger partial charge in [0.1, 0.15) is 0 Å². The Morgan fingerprint density at radius 1 is 0.207 bits per heavy atom. The lowest BCUT2D eigenvalue weighted by atomic mass is 9.97. The fraction of sp³-hybridized carbons (Fsp3) is 0. The Morgan fingerprint density at radius 3 is 1.21 bits per heavy atom. The van der Waals surface area contributed by atoms with E-state index in [0.717, 1.165) is 39.7 Å². The van der Waals surface area contributed by atoms with Gasteiger partial charge in [-0.25, -0.2) is 0 Å². The number of benzene rings is 10. The van der Waals surface area contributed by atoms with Crippen molar-refractivity contribution >= 4 is 55.7 Å². The van der Waals surface area contributed by atoms with Crippen LogP contribution in [0.4, 0.5) is 34.1 Å². The van der Waals surface area contributed by atoms with Gasteiger partial charge in [0, 0.05) is 33.7 Å². The highest BCUT2D eigenvalue weighted by atomic mass is 15.1. The first-order valence-corrected chi connectivity index (χ1v) is 19.8. The van der Waals surface area contributed by atoms with Crippen LogP contribution in [0.2, 0.25) is 0 Å². The molecule has 0 N–H and O–H groups in total. The van der Waals surface area contributed by atoms with E-state index in [0.29, 0.717) is 0 Å². The molecule has 0 amide bonds. The molecule has 0 aliphatic rings. The second kappa shape index (κ2) is 15.5. The molecule has 10 aromatic rings. The van der Waals surface area contributed by atoms with E-state index in [2.05, 4.69) is 252 Å². The highest BCUT2D eigenvalue weighted by molar-refractivity contribution is 5.99. The second-order valence-electron chi connectivity index (χ2n) is 14.6. The van der Waals surface area contributed by atoms with Crippen LogP contribution in [0.3, 0.4) is 0 Å². The largest absolute Gasteiger partial charge is 0.310 e. The van der Waals surface area contributed by atoms with Crippen LogP contribution in [-0.4, -0.2) is 0 Å². The highest BCUT2D eigenvalue weighted by Crippen LogP contribution is 2.43. The standard InChI is InChI=1S/C56H40N2/c1-3-19-47(20-4-1)57(50-39-35-45(36-40-50)52-26-13-17-43-15-7-9-23-51(43)52)55-27-12-11-25-54(55)46-31-29-41(30-32-46)42-33-37-49(38-34-42)58(48-21-5-2-6-22-48)56-28-14-18-44-16-8-10-24-53(44)56/h1-40H. The molecule has 0 aliphatic heterocycles. The van der Waals surface area contributed by atoms with E-state index in [-0.39, 0.29) is 0 Å². The van der Waals surface area contributed by atoms with E-state index in [1.54, 1.807) is 0 Å². The first kappa shape index (κ1) is 34.8. The number of rotatable bonds is 9. The third-order valence-corrected chi connectivity index (χ3v) is 11.1. The number of hydrogen-bond donors (Lipinski definition) is 0. The van der Waals surface area contributed by atoms with Crippen molar-refractivity contribution in [3.63, 3.8) is 0 Å². The number of para-hydroxylation sites is 3. The third kappa shape index (κ3) is 6.67. The number of nitrogens with zero attached hydrogens (tertiary/aromatic N) is 2. The molecule has 0 bridgehead atoms. The van der Waals surface area contributed by atoms with E-state index < -0.39 is 0 Å². The average Bonchev–Trinajstić information content (AvgIpc) is 3.31. The lowest BCUT2D eigenvalue weighted by Gasteiger charge is -2.28. The summed E-state index contributed by atoms with van der Waals surface area (Å²) >= 11 is 0. The number of fused-ring (bicyclic) bond motifs is 2. The van der Waals surface area contributed by atoms with Crippen molar-refractivity contribution in [2.75, 3.05) is 9.80 Å². The Kier molecular flexibility index (Phi) is 9.27. The van der Waals surface area contributed by atoms with Gasteiger partial charge >= 0.3 is 0 Å². The Morgan fingerprint density at radius 2 is 0.569 bits per heavy atom. The van der Waals surface area contributed by atoms with E-state index in [1.165, 1.54) is 49.4 Å². The van der Waals surface area contributed by atoms with Crippen LogP contribution < -0.4 is 9.80 Å². The van der Waals surface area contributed by atoms with Crippen molar-refractivity contribution < 1.29 is 0 Å². The number of anilines is 6. The van der Waals surface area contributed by atoms with Gasteiger partial charge in [-0.2, -0.15) is 0 Å². The van der Waals surface area contributed by atoms with Gasteiger partial charge in [-0.1, -0.05) is 182 Å². The first-order valence-electron chi connectivity index (χ1n) is 19.8. The molecule has 10 aromatic carbocycles. The Balaban J connectivity index is 0.976. The van der Waals surface area contributed by atoms with Crippen molar-refractivity contribution in [3.8, 4) is 33.4 Å². The van der Waals surface area contributed by atoms with E-state index in [1.807, 2.05) is 0 Å². The van der Waals surface area contributed by atoms with Crippen LogP contribution in [0.5, 0.6) is 0 Å². The lowest BCUT2D eigenvalue weighted by molar-refractivity contribution is 1.28. The molecule has 0 fully saturated rings. The van der Waals surface area contributed by atoms with E-state index in [9.17, 15) is 0 Å². The van der Waals surface area contributed by atoms with E-state index in [4.69, 9.17) is 0 Å². The summed E-state index contributed by atoms with van der Waals surface area (Å²) in [5.41, 5.74) is 13.8. The zero-order chi connectivity index (χ0) is 38.7. The molecule has 10 rings (SSSR count). The number of hydrogen-bond acceptors (Lipinski definition) is 2. The molecule has 0 aliphatic carbocycles. The molecule has 0 unspecified atom stereocenters. The van der Waals surface area contributed by atoms with Crippen LogP contribution >= 0.6 is 0 Å². The summed E-state index contributed by atoms with van der Waals surface area (Å²) in [5.74, 6) is 0. The molecule has 0 atom stereocenters. The zero-order valence-corrected chi connectivity index (χ0v) is 32.0. The smallest absolute Gasteiger partial charge is 0.0540 e. The van der Waals surface area contributed by atoms with Crippen molar-refractivity contribution in [2.45, 2.75) is 0 Å². The Labute approximate surface area is 340 Å². The minimum atomic E-state index is 1.10. The highest BCUT2D eigenvalue weighted by Gasteiger charge is 2.18. The Bertz CT molecular complexity index is 2960. The van der Waals surface area contributed by atoms with Gasteiger partial charge < -0.3 is 9.80 Å². The molecular weight excluding hydrogens is 701 g/mol. The minimum Gasteiger partial charge on any atom is -0.310 e. The Hall–Kier alpha value is -7.68. The second-order valence-corrected chi connectivity index (χ2v) is 14.6. The molecule has 0 spiro atoms. The van der Waals surface area contributed by atoms with Crippen LogP contribution in [0.1, 0.15) is 0 Å². The summed E-state index contributed by atoms with van der Waals surface area (Å²) < 4.78 is 0. The van der Waals surface area contributed by atoms with Gasteiger partial charge in [-0.3, -0.25) is 0 Å². The van der Waals surface area contributed by atoms with Gasteiger partial charge in [-0.15, -0.1) is 0 Å². The molecular formula is C56H40N2. The molecule has 0 heterocycles. The SMILES string of the molecule is c1ccc(N(c2ccc(-c3cccc4ccccc34)cc2)c2ccccc2-c2ccc(-c3ccc(N(c4ccccc4)c4cccc5ccccc45)cc3)cc2)cc1. The maximum atomic E-state index is 2.36. The molecule has 0 aromatic heterocycles. The predicted molar refractivity (Wildman–Crippen MR) is 247 cm³/mol. The van der Waals surface area contributed by atoms with Gasteiger partial charge in [0.25, 0.3) is 0 Å². The van der Waals surface area contributed by atoms with Crippen LogP contribution in [0.15, 0.2) is 243 Å². The minimum absolute atomic E-state index is 1.10. The summed E-state index contributed by atoms with van der Waals surface area (Å²) in [6.07, 6.45) is 0. The maximum Gasteiger partial charge on any atom is 0.0540 e. The third-order valence-electron chi connectivity index (χ3n) is 11.1. The topological polar surface area (TPSA) is 6.48 Å². The van der Waals surface area contributed by atoms with Gasteiger partial charge in [-0.05, 0) is 105 Å². The van der Waals surface area contributed by atoms with Crippen molar-refractivity contribution in [1.82, 2.24) is 0 Å². The molecule has 0 radical (unpaired) electrons. The summed E-state index contributed by atoms with van der Waals surface area (Å²) in [6.45, 7) is 0. The van der Waals surface area contributed by atoms with Crippen molar-refractivity contribution in [3.05, 3.63) is 243 Å². The summed E-state index contributed by atoms with van der Waals surface area (Å²) in [6, 6.07) is 87.2.